The monoisotopic (exact) mass is 225 g/mol. The van der Waals surface area contributed by atoms with E-state index < -0.39 is 0 Å². The van der Waals surface area contributed by atoms with Crippen LogP contribution in [-0.2, 0) is 11.3 Å². The Morgan fingerprint density at radius 3 is 2.82 bits per heavy atom. The smallest absolute Gasteiger partial charge is 0.177 e. The molecule has 1 aromatic rings. The molecule has 0 aromatic heterocycles. The van der Waals surface area contributed by atoms with Crippen molar-refractivity contribution < 1.29 is 4.79 Å². The summed E-state index contributed by atoms with van der Waals surface area (Å²) in [5, 5.41) is 0. The predicted molar refractivity (Wildman–Crippen MR) is 67.5 cm³/mol. The number of rotatable bonds is 4. The third-order valence-electron chi connectivity index (χ3n) is 3.33. The number of allylic oxidation sites excluding steroid dienone is 3. The maximum Gasteiger partial charge on any atom is 0.177 e. The molecule has 1 saturated heterocycles. The van der Waals surface area contributed by atoms with E-state index in [-0.39, 0.29) is 6.04 Å². The molecule has 1 aliphatic carbocycles. The van der Waals surface area contributed by atoms with Crippen LogP contribution in [0.5, 0.6) is 0 Å². The maximum absolute atomic E-state index is 12.1. The molecule has 2 aliphatic rings. The molecule has 0 saturated carbocycles. The van der Waals surface area contributed by atoms with E-state index in [2.05, 4.69) is 17.0 Å². The molecule has 86 valence electrons. The third kappa shape index (κ3) is 2.22. The number of nitrogens with zero attached hydrogens (tertiary/aromatic N) is 1. The zero-order valence-electron chi connectivity index (χ0n) is 9.67. The van der Waals surface area contributed by atoms with E-state index >= 15 is 0 Å². The highest BCUT2D eigenvalue weighted by Crippen LogP contribution is 2.26. The number of carbonyl (C=O) groups is 1. The number of ketones is 1. The van der Waals surface area contributed by atoms with E-state index in [4.69, 9.17) is 0 Å². The number of Topliss-reactive ketones (excluding diaryl/α,β-unsaturated/α-hetero) is 1. The topological polar surface area (TPSA) is 20.1 Å². The van der Waals surface area contributed by atoms with Crippen molar-refractivity contribution in [3.05, 3.63) is 59.7 Å². The molecule has 0 radical (unpaired) electrons. The van der Waals surface area contributed by atoms with Gasteiger partial charge in [0.1, 0.15) is 0 Å². The second-order valence-corrected chi connectivity index (χ2v) is 4.62. The van der Waals surface area contributed by atoms with Crippen molar-refractivity contribution in [2.24, 2.45) is 0 Å². The van der Waals surface area contributed by atoms with E-state index in [9.17, 15) is 4.79 Å². The quantitative estimate of drug-likeness (QED) is 0.733. The summed E-state index contributed by atoms with van der Waals surface area (Å²) in [5.41, 5.74) is 2.24. The van der Waals surface area contributed by atoms with Crippen LogP contribution < -0.4 is 0 Å². The van der Waals surface area contributed by atoms with Crippen molar-refractivity contribution in [3.8, 4) is 0 Å². The Morgan fingerprint density at radius 2 is 2.12 bits per heavy atom. The zero-order valence-corrected chi connectivity index (χ0v) is 9.67. The molecular formula is C15H15NO. The molecule has 17 heavy (non-hydrogen) atoms. The average molecular weight is 225 g/mol. The fourth-order valence-electron chi connectivity index (χ4n) is 2.26. The van der Waals surface area contributed by atoms with Gasteiger partial charge in [-0.3, -0.25) is 9.69 Å². The summed E-state index contributed by atoms with van der Waals surface area (Å²) in [7, 11) is 0. The second kappa shape index (κ2) is 4.30. The van der Waals surface area contributed by atoms with Gasteiger partial charge in [0.2, 0.25) is 0 Å². The maximum atomic E-state index is 12.1. The summed E-state index contributed by atoms with van der Waals surface area (Å²) < 4.78 is 0. The molecule has 2 atom stereocenters. The van der Waals surface area contributed by atoms with Crippen molar-refractivity contribution in [2.75, 3.05) is 6.54 Å². The van der Waals surface area contributed by atoms with Gasteiger partial charge in [-0.1, -0.05) is 48.6 Å². The third-order valence-corrected chi connectivity index (χ3v) is 3.33. The Bertz CT molecular complexity index is 487. The standard InChI is InChI=1S/C15H15NO/c17-15(13-8-4-5-9-13)14-11-16(14)10-12-6-2-1-3-7-12/h1-8,14H,9-11H2. The average Bonchev–Trinajstić information content (AvgIpc) is 2.92. The first-order valence-electron chi connectivity index (χ1n) is 6.02. The van der Waals surface area contributed by atoms with Gasteiger partial charge in [0, 0.05) is 18.7 Å². The summed E-state index contributed by atoms with van der Waals surface area (Å²) in [4.78, 5) is 14.3. The summed E-state index contributed by atoms with van der Waals surface area (Å²) in [5.74, 6) is 0.311. The lowest BCUT2D eigenvalue weighted by Gasteiger charge is -2.04. The predicted octanol–water partition coefficient (Wildman–Crippen LogP) is 2.33. The molecule has 0 bridgehead atoms. The van der Waals surface area contributed by atoms with Crippen LogP contribution in [0.25, 0.3) is 0 Å². The summed E-state index contributed by atoms with van der Waals surface area (Å²) in [6.45, 7) is 1.79. The first-order valence-corrected chi connectivity index (χ1v) is 6.02. The van der Waals surface area contributed by atoms with Crippen molar-refractivity contribution in [1.82, 2.24) is 4.90 Å². The summed E-state index contributed by atoms with van der Waals surface area (Å²) >= 11 is 0. The van der Waals surface area contributed by atoms with Crippen LogP contribution in [-0.4, -0.2) is 23.3 Å². The minimum atomic E-state index is 0.126. The summed E-state index contributed by atoms with van der Waals surface area (Å²) in [6.07, 6.45) is 6.77. The molecule has 1 heterocycles. The molecule has 1 fully saturated rings. The van der Waals surface area contributed by atoms with Crippen LogP contribution in [0.15, 0.2) is 54.1 Å². The number of hydrogen-bond donors (Lipinski definition) is 0. The Labute approximate surface area is 101 Å². The van der Waals surface area contributed by atoms with Gasteiger partial charge in [-0.05, 0) is 12.0 Å². The number of benzene rings is 1. The van der Waals surface area contributed by atoms with Gasteiger partial charge in [0.05, 0.1) is 6.04 Å². The molecule has 1 aromatic carbocycles. The fourth-order valence-corrected chi connectivity index (χ4v) is 2.26. The highest BCUT2D eigenvalue weighted by molar-refractivity contribution is 6.02. The Kier molecular flexibility index (Phi) is 2.65. The molecule has 0 amide bonds. The van der Waals surface area contributed by atoms with Crippen molar-refractivity contribution >= 4 is 5.78 Å². The summed E-state index contributed by atoms with van der Waals surface area (Å²) in [6, 6.07) is 10.4. The van der Waals surface area contributed by atoms with Crippen LogP contribution >= 0.6 is 0 Å². The van der Waals surface area contributed by atoms with Crippen LogP contribution in [0.4, 0.5) is 0 Å². The van der Waals surface area contributed by atoms with Crippen LogP contribution in [0.3, 0.4) is 0 Å². The highest BCUT2D eigenvalue weighted by Gasteiger charge is 2.40. The zero-order chi connectivity index (χ0) is 11.7. The first-order chi connectivity index (χ1) is 8.34. The van der Waals surface area contributed by atoms with Gasteiger partial charge < -0.3 is 0 Å². The molecule has 2 heteroatoms. The molecule has 2 nitrogen and oxygen atoms in total. The number of hydrogen-bond acceptors (Lipinski definition) is 2. The normalized spacial score (nSPS) is 25.8. The van der Waals surface area contributed by atoms with Crippen LogP contribution in [0.1, 0.15) is 12.0 Å². The van der Waals surface area contributed by atoms with Crippen LogP contribution in [0, 0.1) is 0 Å². The fraction of sp³-hybridized carbons (Fsp3) is 0.267. The lowest BCUT2D eigenvalue weighted by atomic mass is 10.1. The molecule has 3 rings (SSSR count). The Balaban J connectivity index is 1.58. The van der Waals surface area contributed by atoms with Gasteiger partial charge in [-0.25, -0.2) is 0 Å². The van der Waals surface area contributed by atoms with Gasteiger partial charge >= 0.3 is 0 Å². The van der Waals surface area contributed by atoms with Crippen molar-refractivity contribution in [3.63, 3.8) is 0 Å². The van der Waals surface area contributed by atoms with Gasteiger partial charge in [0.25, 0.3) is 0 Å². The molecular weight excluding hydrogens is 210 g/mol. The SMILES string of the molecule is O=C(C1=CC=CC1)C1CN1Cc1ccccc1. The lowest BCUT2D eigenvalue weighted by Crippen LogP contribution is -2.14. The lowest BCUT2D eigenvalue weighted by molar-refractivity contribution is -0.115. The number of carbonyl (C=O) groups excluding carboxylic acids is 1. The minimum Gasteiger partial charge on any atom is -0.293 e. The largest absolute Gasteiger partial charge is 0.293 e. The highest BCUT2D eigenvalue weighted by atomic mass is 16.1. The Morgan fingerprint density at radius 1 is 1.29 bits per heavy atom. The Hall–Kier alpha value is -1.67. The second-order valence-electron chi connectivity index (χ2n) is 4.62. The first kappa shape index (κ1) is 10.5. The van der Waals surface area contributed by atoms with E-state index in [1.54, 1.807) is 0 Å². The van der Waals surface area contributed by atoms with E-state index in [1.807, 2.05) is 36.4 Å². The van der Waals surface area contributed by atoms with E-state index in [1.165, 1.54) is 5.56 Å². The van der Waals surface area contributed by atoms with Gasteiger partial charge in [-0.15, -0.1) is 0 Å². The van der Waals surface area contributed by atoms with E-state index in [0.717, 1.165) is 25.1 Å². The molecule has 0 spiro atoms. The molecule has 1 aliphatic heterocycles. The molecule has 2 unspecified atom stereocenters. The van der Waals surface area contributed by atoms with Gasteiger partial charge in [0.15, 0.2) is 5.78 Å². The molecule has 0 N–H and O–H groups in total. The van der Waals surface area contributed by atoms with Crippen LogP contribution in [0.2, 0.25) is 0 Å². The van der Waals surface area contributed by atoms with E-state index in [0.29, 0.717) is 5.78 Å². The minimum absolute atomic E-state index is 0.126. The van der Waals surface area contributed by atoms with Crippen molar-refractivity contribution in [1.29, 1.82) is 0 Å². The van der Waals surface area contributed by atoms with Gasteiger partial charge in [-0.2, -0.15) is 0 Å². The van der Waals surface area contributed by atoms with Crippen molar-refractivity contribution in [2.45, 2.75) is 19.0 Å².